The molecular formula is C34H5F13N8. The van der Waals surface area contributed by atoms with Crippen LogP contribution in [-0.4, -0.2) is 9.97 Å². The van der Waals surface area contributed by atoms with Crippen LogP contribution in [0.25, 0.3) is 33.4 Å². The predicted octanol–water partition coefficient (Wildman–Crippen LogP) is 9.19. The Morgan fingerprint density at radius 1 is 0.455 bits per heavy atom. The first-order valence-corrected chi connectivity index (χ1v) is 14.1. The number of allylic oxidation sites excluding steroid dienone is 8. The first-order valence-electron chi connectivity index (χ1n) is 14.1. The number of nitriles is 6. The van der Waals surface area contributed by atoms with E-state index in [1.807, 2.05) is 0 Å². The fraction of sp³-hybridized carbons (Fsp3) is 0.118. The van der Waals surface area contributed by atoms with Gasteiger partial charge in [-0.25, -0.2) is 14.4 Å². The van der Waals surface area contributed by atoms with Gasteiger partial charge >= 0.3 is 24.7 Å². The maximum atomic E-state index is 17.2. The van der Waals surface area contributed by atoms with Gasteiger partial charge in [0.15, 0.2) is 0 Å². The normalized spacial score (nSPS) is 13.9. The average molecular weight is 772 g/mol. The second-order valence-electron chi connectivity index (χ2n) is 11.0. The van der Waals surface area contributed by atoms with Crippen molar-refractivity contribution in [3.8, 4) is 36.4 Å². The summed E-state index contributed by atoms with van der Waals surface area (Å²) in [5, 5.41) is 59.6. The van der Waals surface area contributed by atoms with Gasteiger partial charge < -0.3 is 0 Å². The molecule has 0 amide bonds. The first-order chi connectivity index (χ1) is 25.5. The van der Waals surface area contributed by atoms with Crippen molar-refractivity contribution in [2.75, 3.05) is 0 Å². The molecule has 55 heavy (non-hydrogen) atoms. The van der Waals surface area contributed by atoms with E-state index in [4.69, 9.17) is 0 Å². The second-order valence-corrected chi connectivity index (χ2v) is 11.0. The maximum Gasteiger partial charge on any atom is 0.433 e. The van der Waals surface area contributed by atoms with Crippen molar-refractivity contribution in [3.05, 3.63) is 103 Å². The van der Waals surface area contributed by atoms with Gasteiger partial charge in [0.05, 0.1) is 11.1 Å². The lowest BCUT2D eigenvalue weighted by Crippen LogP contribution is -2.16. The van der Waals surface area contributed by atoms with Gasteiger partial charge in [0.2, 0.25) is 0 Å². The lowest BCUT2D eigenvalue weighted by Gasteiger charge is -2.16. The number of hydrogen-bond donors (Lipinski definition) is 0. The molecule has 2 heterocycles. The summed E-state index contributed by atoms with van der Waals surface area (Å²) in [5.74, 6) is -1.85. The summed E-state index contributed by atoms with van der Waals surface area (Å²) in [7, 11) is 0. The molecule has 0 N–H and O–H groups in total. The maximum absolute atomic E-state index is 17.2. The lowest BCUT2D eigenvalue weighted by molar-refractivity contribution is -0.151. The van der Waals surface area contributed by atoms with Crippen LogP contribution in [0.15, 0.2) is 41.5 Å². The molecule has 0 aliphatic heterocycles. The van der Waals surface area contributed by atoms with E-state index in [1.165, 1.54) is 36.4 Å². The van der Waals surface area contributed by atoms with Gasteiger partial charge in [-0.2, -0.15) is 84.3 Å². The summed E-state index contributed by atoms with van der Waals surface area (Å²) in [4.78, 5) is 5.09. The van der Waals surface area contributed by atoms with Crippen molar-refractivity contribution in [1.29, 1.82) is 31.6 Å². The molecule has 0 saturated heterocycles. The molecule has 2 aromatic heterocycles. The van der Waals surface area contributed by atoms with E-state index in [1.54, 1.807) is 0 Å². The van der Waals surface area contributed by atoms with Gasteiger partial charge in [0.1, 0.15) is 76.2 Å². The molecule has 3 aromatic rings. The molecule has 0 unspecified atom stereocenters. The summed E-state index contributed by atoms with van der Waals surface area (Å²) in [6, 6.07) is 8.46. The molecule has 5 rings (SSSR count). The molecular weight excluding hydrogens is 767 g/mol. The standard InChI is InChI=1S/C34H5F13N8/c35-30-28-16(18(10-52)24(26(28)14(6-48)7-49)12-1-20(31(36,37)38)54-21(2-12)32(39,40)41)5-17-19(11-53)25(27(29(17)30)15(8-50)9-51)13-3-22(33(42,43)44)55-23(4-13)34(45,46)47/h1-5H. The van der Waals surface area contributed by atoms with Gasteiger partial charge in [0.25, 0.3) is 0 Å². The SMILES string of the molecule is N#CC(C#N)=C1C(c2cc(C(F)(F)F)nc(C(F)(F)F)c2)=C(C#N)c2cc3c(c(F)c21)C(=C(C#N)C#N)C(c1cc(C(F)(F)F)nc(C(F)(F)F)c1)=C3C#N. The number of rotatable bonds is 2. The van der Waals surface area contributed by atoms with Crippen molar-refractivity contribution in [2.24, 2.45) is 0 Å². The number of halogens is 13. The Hall–Kier alpha value is -7.49. The molecule has 272 valence electrons. The van der Waals surface area contributed by atoms with Gasteiger partial charge in [-0.3, -0.25) is 0 Å². The quantitative estimate of drug-likeness (QED) is 0.183. The summed E-state index contributed by atoms with van der Waals surface area (Å²) < 4.78 is 183. The van der Waals surface area contributed by atoms with E-state index < -0.39 is 131 Å². The molecule has 21 heteroatoms. The molecule has 2 aliphatic carbocycles. The Labute approximate surface area is 296 Å². The third-order valence-corrected chi connectivity index (χ3v) is 7.87. The lowest BCUT2D eigenvalue weighted by atomic mass is 9.88. The third-order valence-electron chi connectivity index (χ3n) is 7.87. The summed E-state index contributed by atoms with van der Waals surface area (Å²) in [6.07, 6.45) is -22.3. The molecule has 2 aliphatic rings. The Bertz CT molecular complexity index is 2390. The Balaban J connectivity index is 2.02. The van der Waals surface area contributed by atoms with Crippen molar-refractivity contribution in [2.45, 2.75) is 24.7 Å². The zero-order valence-corrected chi connectivity index (χ0v) is 25.9. The van der Waals surface area contributed by atoms with Crippen molar-refractivity contribution in [1.82, 2.24) is 9.97 Å². The molecule has 0 saturated carbocycles. The number of aromatic nitrogens is 2. The smallest absolute Gasteiger partial charge is 0.239 e. The highest BCUT2D eigenvalue weighted by Gasteiger charge is 2.45. The first kappa shape index (κ1) is 38.7. The van der Waals surface area contributed by atoms with Gasteiger partial charge in [-0.1, -0.05) is 0 Å². The monoisotopic (exact) mass is 772 g/mol. The van der Waals surface area contributed by atoms with Crippen LogP contribution in [-0.2, 0) is 24.7 Å². The van der Waals surface area contributed by atoms with Gasteiger partial charge in [-0.05, 0) is 41.5 Å². The van der Waals surface area contributed by atoms with Crippen LogP contribution in [0, 0.1) is 73.8 Å². The van der Waals surface area contributed by atoms with Crippen LogP contribution in [0.5, 0.6) is 0 Å². The number of benzene rings is 1. The molecule has 1 aromatic carbocycles. The van der Waals surface area contributed by atoms with Crippen molar-refractivity contribution >= 4 is 33.4 Å². The molecule has 0 bridgehead atoms. The fourth-order valence-electron chi connectivity index (χ4n) is 5.82. The Kier molecular flexibility index (Phi) is 9.06. The zero-order chi connectivity index (χ0) is 41.2. The molecule has 8 nitrogen and oxygen atoms in total. The van der Waals surface area contributed by atoms with Crippen LogP contribution in [0.4, 0.5) is 57.1 Å². The Morgan fingerprint density at radius 3 is 0.945 bits per heavy atom. The van der Waals surface area contributed by atoms with Crippen LogP contribution in [0.2, 0.25) is 0 Å². The topological polar surface area (TPSA) is 169 Å². The van der Waals surface area contributed by atoms with Gasteiger partial charge in [-0.15, -0.1) is 0 Å². The highest BCUT2D eigenvalue weighted by molar-refractivity contribution is 6.30. The predicted molar refractivity (Wildman–Crippen MR) is 156 cm³/mol. The van der Waals surface area contributed by atoms with E-state index in [-0.39, 0.29) is 24.3 Å². The minimum Gasteiger partial charge on any atom is -0.239 e. The fourth-order valence-corrected chi connectivity index (χ4v) is 5.82. The number of hydrogen-bond acceptors (Lipinski definition) is 8. The molecule has 0 fully saturated rings. The highest BCUT2D eigenvalue weighted by atomic mass is 19.4. The third kappa shape index (κ3) is 6.34. The van der Waals surface area contributed by atoms with Crippen molar-refractivity contribution < 1.29 is 57.1 Å². The highest BCUT2D eigenvalue weighted by Crippen LogP contribution is 2.56. The second kappa shape index (κ2) is 12.9. The van der Waals surface area contributed by atoms with E-state index >= 15 is 4.39 Å². The average Bonchev–Trinajstić information content (AvgIpc) is 3.61. The molecule has 0 atom stereocenters. The molecule has 0 spiro atoms. The summed E-state index contributed by atoms with van der Waals surface area (Å²) in [5.41, 5.74) is -23.9. The van der Waals surface area contributed by atoms with Crippen LogP contribution < -0.4 is 0 Å². The van der Waals surface area contributed by atoms with E-state index in [2.05, 4.69) is 9.97 Å². The largest absolute Gasteiger partial charge is 0.433 e. The van der Waals surface area contributed by atoms with Crippen molar-refractivity contribution in [3.63, 3.8) is 0 Å². The van der Waals surface area contributed by atoms with E-state index in [0.29, 0.717) is 6.07 Å². The zero-order valence-electron chi connectivity index (χ0n) is 25.9. The van der Waals surface area contributed by atoms with Crippen LogP contribution in [0.3, 0.4) is 0 Å². The summed E-state index contributed by atoms with van der Waals surface area (Å²) >= 11 is 0. The minimum absolute atomic E-state index is 0.0147. The van der Waals surface area contributed by atoms with Gasteiger partial charge in [0, 0.05) is 44.5 Å². The molecule has 0 radical (unpaired) electrons. The minimum atomic E-state index is -5.59. The number of alkyl halides is 12. The summed E-state index contributed by atoms with van der Waals surface area (Å²) in [6.45, 7) is 0. The van der Waals surface area contributed by atoms with Crippen LogP contribution in [0.1, 0.15) is 56.2 Å². The Morgan fingerprint density at radius 2 is 0.727 bits per heavy atom. The van der Waals surface area contributed by atoms with E-state index in [9.17, 15) is 84.3 Å². The van der Waals surface area contributed by atoms with E-state index in [0.717, 1.165) is 0 Å². The number of fused-ring (bicyclic) bond motifs is 2. The number of nitrogens with zero attached hydrogens (tertiary/aromatic N) is 8. The van der Waals surface area contributed by atoms with Crippen LogP contribution >= 0.6 is 0 Å². The number of pyridine rings is 2.